The summed E-state index contributed by atoms with van der Waals surface area (Å²) in [6.45, 7) is 0.543. The molecule has 1 aromatic heterocycles. The maximum atomic E-state index is 14.3. The van der Waals surface area contributed by atoms with Crippen molar-refractivity contribution in [3.8, 4) is 5.75 Å². The van der Waals surface area contributed by atoms with E-state index in [1.807, 2.05) is 60.6 Å². The van der Waals surface area contributed by atoms with Crippen molar-refractivity contribution >= 4 is 38.4 Å². The van der Waals surface area contributed by atoms with Crippen molar-refractivity contribution in [2.24, 2.45) is 0 Å². The molecule has 0 aliphatic heterocycles. The highest BCUT2D eigenvalue weighted by atomic mass is 79.9. The number of carbonyl (C=O) groups is 1. The lowest BCUT2D eigenvalue weighted by molar-refractivity contribution is -0.133. The van der Waals surface area contributed by atoms with E-state index >= 15 is 0 Å². The van der Waals surface area contributed by atoms with Crippen LogP contribution in [0.3, 0.4) is 0 Å². The van der Waals surface area contributed by atoms with E-state index < -0.39 is 17.7 Å². The van der Waals surface area contributed by atoms with E-state index in [0.717, 1.165) is 38.3 Å². The zero-order chi connectivity index (χ0) is 30.5. The van der Waals surface area contributed by atoms with Crippen LogP contribution in [0.15, 0.2) is 95.6 Å². The predicted molar refractivity (Wildman–Crippen MR) is 167 cm³/mol. The maximum Gasteiger partial charge on any atom is 0.227 e. The molecule has 0 unspecified atom stereocenters. The average Bonchev–Trinajstić information content (AvgIpc) is 3.37. The second-order valence-electron chi connectivity index (χ2n) is 10.5. The summed E-state index contributed by atoms with van der Waals surface area (Å²) in [5, 5.41) is 0.920. The van der Waals surface area contributed by atoms with Gasteiger partial charge >= 0.3 is 0 Å². The highest BCUT2D eigenvalue weighted by molar-refractivity contribution is 9.10. The number of hydrogen-bond donors (Lipinski definition) is 1. The number of nitrogens with zero attached hydrogens (tertiary/aromatic N) is 2. The van der Waals surface area contributed by atoms with Gasteiger partial charge in [0.1, 0.15) is 23.2 Å². The van der Waals surface area contributed by atoms with Crippen LogP contribution in [0.4, 0.5) is 18.9 Å². The van der Waals surface area contributed by atoms with Gasteiger partial charge in [-0.1, -0.05) is 28.1 Å². The van der Waals surface area contributed by atoms with E-state index in [0.29, 0.717) is 17.9 Å². The number of fused-ring (bicyclic) bond motifs is 1. The molecule has 1 amide bonds. The number of rotatable bonds is 11. The van der Waals surface area contributed by atoms with Crippen molar-refractivity contribution in [2.75, 3.05) is 25.6 Å². The number of halogens is 4. The Labute approximate surface area is 257 Å². The van der Waals surface area contributed by atoms with E-state index in [1.165, 1.54) is 24.3 Å². The van der Waals surface area contributed by atoms with E-state index in [1.54, 1.807) is 24.1 Å². The third-order valence-electron chi connectivity index (χ3n) is 7.49. The number of anilines is 1. The highest BCUT2D eigenvalue weighted by Crippen LogP contribution is 2.26. The number of aromatic nitrogens is 1. The van der Waals surface area contributed by atoms with Gasteiger partial charge in [-0.3, -0.25) is 4.79 Å². The number of carbonyl (C=O) groups excluding carboxylic acids is 1. The molecule has 0 spiro atoms. The van der Waals surface area contributed by atoms with Crippen LogP contribution in [-0.4, -0.2) is 42.5 Å². The molecular formula is C34H31BrF3N3O2. The first kappa shape index (κ1) is 30.2. The molecule has 0 aliphatic rings. The number of likely N-dealkylation sites (N-methyl/N-ethyl adjacent to an activating group) is 1. The van der Waals surface area contributed by atoms with Crippen molar-refractivity contribution in [1.29, 1.82) is 0 Å². The summed E-state index contributed by atoms with van der Waals surface area (Å²) in [7, 11) is 3.50. The fourth-order valence-electron chi connectivity index (χ4n) is 5.30. The topological polar surface area (TPSA) is 48.6 Å². The molecule has 0 fully saturated rings. The zero-order valence-corrected chi connectivity index (χ0v) is 25.4. The van der Waals surface area contributed by atoms with Crippen LogP contribution in [0.1, 0.15) is 16.7 Å². The van der Waals surface area contributed by atoms with Gasteiger partial charge < -0.3 is 19.5 Å². The second kappa shape index (κ2) is 13.4. The van der Waals surface area contributed by atoms with Gasteiger partial charge in [0.15, 0.2) is 0 Å². The molecule has 0 aliphatic carbocycles. The van der Waals surface area contributed by atoms with Crippen LogP contribution < -0.4 is 9.64 Å². The Bertz CT molecular complexity index is 1690. The molecule has 5 aromatic rings. The smallest absolute Gasteiger partial charge is 0.227 e. The van der Waals surface area contributed by atoms with Gasteiger partial charge in [-0.2, -0.15) is 0 Å². The van der Waals surface area contributed by atoms with Crippen LogP contribution in [0.2, 0.25) is 0 Å². The molecular weight excluding hydrogens is 619 g/mol. The molecule has 222 valence electrons. The molecule has 5 nitrogen and oxygen atoms in total. The Hall–Kier alpha value is -4.24. The molecule has 0 saturated carbocycles. The Balaban J connectivity index is 1.52. The van der Waals surface area contributed by atoms with Gasteiger partial charge in [0.2, 0.25) is 5.91 Å². The Kier molecular flexibility index (Phi) is 9.40. The largest absolute Gasteiger partial charge is 0.497 e. The summed E-state index contributed by atoms with van der Waals surface area (Å²) in [5.41, 5.74) is 3.77. The fourth-order valence-corrected chi connectivity index (χ4v) is 5.66. The first-order valence-corrected chi connectivity index (χ1v) is 14.6. The second-order valence-corrected chi connectivity index (χ2v) is 11.5. The monoisotopic (exact) mass is 649 g/mol. The number of methoxy groups -OCH3 is 1. The van der Waals surface area contributed by atoms with E-state index in [4.69, 9.17) is 4.74 Å². The maximum absolute atomic E-state index is 14.3. The summed E-state index contributed by atoms with van der Waals surface area (Å²) in [6, 6.07) is 22.3. The lowest BCUT2D eigenvalue weighted by atomic mass is 10.0. The Morgan fingerprint density at radius 2 is 1.58 bits per heavy atom. The minimum Gasteiger partial charge on any atom is -0.497 e. The number of ether oxygens (including phenoxy) is 1. The van der Waals surface area contributed by atoms with Crippen molar-refractivity contribution < 1.29 is 22.7 Å². The van der Waals surface area contributed by atoms with Crippen molar-refractivity contribution in [3.05, 3.63) is 130 Å². The minimum atomic E-state index is -0.682. The molecule has 1 heterocycles. The van der Waals surface area contributed by atoms with E-state index in [-0.39, 0.29) is 31.1 Å². The average molecular weight is 651 g/mol. The van der Waals surface area contributed by atoms with Crippen LogP contribution in [0.5, 0.6) is 5.75 Å². The standard InChI is InChI=1S/C34H31BrF3N3O2/c1-40(29-8-10-31(43-2)11-9-29)21-30(15-23-13-27(37)18-28(38)14-23)41(20-22-3-6-26(36)7-4-22)34(42)16-24-19-39-33-12-5-25(35)17-32(24)33/h3-14,17-19,30,39H,15-16,20-21H2,1-2H3/t30-/m0/s1. The summed E-state index contributed by atoms with van der Waals surface area (Å²) in [5.74, 6) is -1.20. The normalized spacial score (nSPS) is 11.9. The van der Waals surface area contributed by atoms with Gasteiger partial charge in [-0.15, -0.1) is 0 Å². The first-order valence-electron chi connectivity index (χ1n) is 13.8. The molecule has 0 bridgehead atoms. The minimum absolute atomic E-state index is 0.0951. The molecule has 1 atom stereocenters. The molecule has 0 radical (unpaired) electrons. The third kappa shape index (κ3) is 7.59. The van der Waals surface area contributed by atoms with Crippen molar-refractivity contribution in [2.45, 2.75) is 25.4 Å². The molecule has 1 N–H and O–H groups in total. The quantitative estimate of drug-likeness (QED) is 0.160. The number of aromatic amines is 1. The van der Waals surface area contributed by atoms with Crippen molar-refractivity contribution in [3.63, 3.8) is 0 Å². The van der Waals surface area contributed by atoms with Gasteiger partial charge in [0, 0.05) is 53.5 Å². The molecule has 43 heavy (non-hydrogen) atoms. The van der Waals surface area contributed by atoms with Crippen LogP contribution >= 0.6 is 15.9 Å². The van der Waals surface area contributed by atoms with Crippen molar-refractivity contribution in [1.82, 2.24) is 9.88 Å². The molecule has 9 heteroatoms. The molecule has 4 aromatic carbocycles. The summed E-state index contributed by atoms with van der Waals surface area (Å²) < 4.78 is 48.5. The van der Waals surface area contributed by atoms with E-state index in [2.05, 4.69) is 20.9 Å². The number of benzene rings is 4. The van der Waals surface area contributed by atoms with Crippen LogP contribution in [0.25, 0.3) is 10.9 Å². The third-order valence-corrected chi connectivity index (χ3v) is 7.98. The van der Waals surface area contributed by atoms with Gasteiger partial charge in [-0.25, -0.2) is 13.2 Å². The van der Waals surface area contributed by atoms with Gasteiger partial charge in [-0.05, 0) is 89.8 Å². The summed E-state index contributed by atoms with van der Waals surface area (Å²) >= 11 is 3.51. The summed E-state index contributed by atoms with van der Waals surface area (Å²) in [6.07, 6.45) is 2.12. The number of hydrogen-bond acceptors (Lipinski definition) is 3. The fraction of sp³-hybridized carbons (Fsp3) is 0.206. The Morgan fingerprint density at radius 1 is 0.884 bits per heavy atom. The summed E-state index contributed by atoms with van der Waals surface area (Å²) in [4.78, 5) is 21.2. The molecule has 5 rings (SSSR count). The number of H-pyrrole nitrogens is 1. The SMILES string of the molecule is COc1ccc(N(C)C[C@H](Cc2cc(F)cc(F)c2)N(Cc2ccc(F)cc2)C(=O)Cc2c[nH]c3ccc(Br)cc23)cc1. The van der Waals surface area contributed by atoms with Gasteiger partial charge in [0.05, 0.1) is 19.6 Å². The lowest BCUT2D eigenvalue weighted by Crippen LogP contribution is -2.47. The highest BCUT2D eigenvalue weighted by Gasteiger charge is 2.27. The number of nitrogens with one attached hydrogen (secondary N) is 1. The Morgan fingerprint density at radius 3 is 2.26 bits per heavy atom. The zero-order valence-electron chi connectivity index (χ0n) is 23.8. The predicted octanol–water partition coefficient (Wildman–Crippen LogP) is 7.68. The number of amides is 1. The van der Waals surface area contributed by atoms with Crippen LogP contribution in [-0.2, 0) is 24.2 Å². The lowest BCUT2D eigenvalue weighted by Gasteiger charge is -2.36. The first-order chi connectivity index (χ1) is 20.7. The molecule has 0 saturated heterocycles. The van der Waals surface area contributed by atoms with Crippen LogP contribution in [0, 0.1) is 17.5 Å². The van der Waals surface area contributed by atoms with Gasteiger partial charge in [0.25, 0.3) is 0 Å². The van der Waals surface area contributed by atoms with E-state index in [9.17, 15) is 18.0 Å².